The number of hydrogen-bond acceptors (Lipinski definition) is 4. The molecular formula is C10H6ClNO4S. The highest BCUT2D eigenvalue weighted by molar-refractivity contribution is 7.14. The van der Waals surface area contributed by atoms with E-state index in [0.29, 0.717) is 0 Å². The topological polar surface area (TPSA) is 79.5 Å². The van der Waals surface area contributed by atoms with Gasteiger partial charge in [0, 0.05) is 0 Å². The van der Waals surface area contributed by atoms with Crippen LogP contribution in [-0.4, -0.2) is 17.0 Å². The van der Waals surface area contributed by atoms with Crippen LogP contribution < -0.4 is 5.32 Å². The van der Waals surface area contributed by atoms with Gasteiger partial charge >= 0.3 is 5.97 Å². The average Bonchev–Trinajstić information content (AvgIpc) is 2.86. The zero-order valence-electron chi connectivity index (χ0n) is 8.27. The van der Waals surface area contributed by atoms with E-state index in [2.05, 4.69) is 5.32 Å². The highest BCUT2D eigenvalue weighted by Gasteiger charge is 2.17. The lowest BCUT2D eigenvalue weighted by molar-refractivity contribution is 0.0698. The number of carbonyl (C=O) groups excluding carboxylic acids is 1. The van der Waals surface area contributed by atoms with Crippen LogP contribution in [0.25, 0.3) is 0 Å². The third-order valence-electron chi connectivity index (χ3n) is 1.99. The number of anilines is 1. The molecule has 88 valence electrons. The van der Waals surface area contributed by atoms with E-state index in [4.69, 9.17) is 21.1 Å². The first-order valence-corrected chi connectivity index (χ1v) is 5.70. The number of hydrogen-bond donors (Lipinski definition) is 2. The molecule has 2 rings (SSSR count). The molecule has 0 saturated carbocycles. The van der Waals surface area contributed by atoms with Gasteiger partial charge in [-0.05, 0) is 29.1 Å². The monoisotopic (exact) mass is 271 g/mol. The van der Waals surface area contributed by atoms with Crippen molar-refractivity contribution in [3.05, 3.63) is 40.1 Å². The van der Waals surface area contributed by atoms with Crippen molar-refractivity contribution < 1.29 is 19.1 Å². The van der Waals surface area contributed by atoms with Gasteiger partial charge in [0.25, 0.3) is 5.91 Å². The second-order valence-corrected chi connectivity index (χ2v) is 4.29. The van der Waals surface area contributed by atoms with E-state index in [1.165, 1.54) is 18.4 Å². The van der Waals surface area contributed by atoms with E-state index < -0.39 is 11.9 Å². The summed E-state index contributed by atoms with van der Waals surface area (Å²) in [5, 5.41) is 13.1. The van der Waals surface area contributed by atoms with E-state index in [0.717, 1.165) is 11.3 Å². The standard InChI is InChI=1S/C10H6ClNO4S/c11-7-5(1-3-16-7)8(13)12-9-6(10(14)15)2-4-17-9/h1-4H,(H,12,13)(H,14,15). The molecular weight excluding hydrogens is 266 g/mol. The van der Waals surface area contributed by atoms with Gasteiger partial charge < -0.3 is 14.8 Å². The van der Waals surface area contributed by atoms with Crippen LogP contribution in [0.15, 0.2) is 28.2 Å². The summed E-state index contributed by atoms with van der Waals surface area (Å²) in [5.41, 5.74) is 0.208. The van der Waals surface area contributed by atoms with Gasteiger partial charge in [-0.2, -0.15) is 0 Å². The highest BCUT2D eigenvalue weighted by Crippen LogP contribution is 2.25. The third kappa shape index (κ3) is 2.32. The van der Waals surface area contributed by atoms with Crippen LogP contribution in [0.5, 0.6) is 0 Å². The maximum absolute atomic E-state index is 11.7. The van der Waals surface area contributed by atoms with Crippen LogP contribution in [0.4, 0.5) is 5.00 Å². The Labute approximate surface area is 105 Å². The zero-order valence-corrected chi connectivity index (χ0v) is 9.84. The Kier molecular flexibility index (Phi) is 3.16. The summed E-state index contributed by atoms with van der Waals surface area (Å²) in [5.74, 6) is -1.60. The van der Waals surface area contributed by atoms with Crippen LogP contribution >= 0.6 is 22.9 Å². The summed E-state index contributed by atoms with van der Waals surface area (Å²) >= 11 is 6.76. The Balaban J connectivity index is 2.22. The molecule has 1 amide bonds. The van der Waals surface area contributed by atoms with Gasteiger partial charge in [-0.3, -0.25) is 4.79 Å². The van der Waals surface area contributed by atoms with Crippen molar-refractivity contribution >= 4 is 39.8 Å². The van der Waals surface area contributed by atoms with Crippen molar-refractivity contribution in [3.63, 3.8) is 0 Å². The number of furan rings is 1. The molecule has 0 aromatic carbocycles. The Hall–Kier alpha value is -1.79. The molecule has 0 unspecified atom stereocenters. The number of thiophene rings is 1. The lowest BCUT2D eigenvalue weighted by Gasteiger charge is -2.02. The molecule has 2 aromatic heterocycles. The molecule has 0 aliphatic rings. The van der Waals surface area contributed by atoms with Crippen molar-refractivity contribution in [2.45, 2.75) is 0 Å². The van der Waals surface area contributed by atoms with Gasteiger partial charge in [0.05, 0.1) is 17.4 Å². The number of nitrogens with one attached hydrogen (secondary N) is 1. The molecule has 0 atom stereocenters. The minimum absolute atomic E-state index is 0.0315. The molecule has 0 aliphatic carbocycles. The van der Waals surface area contributed by atoms with Crippen molar-refractivity contribution in [3.8, 4) is 0 Å². The molecule has 0 spiro atoms. The van der Waals surface area contributed by atoms with Crippen LogP contribution in [0.1, 0.15) is 20.7 Å². The number of carbonyl (C=O) groups is 2. The predicted octanol–water partition coefficient (Wildman–Crippen LogP) is 2.95. The van der Waals surface area contributed by atoms with Crippen LogP contribution in [0.2, 0.25) is 5.22 Å². The van der Waals surface area contributed by atoms with Crippen LogP contribution in [0, 0.1) is 0 Å². The maximum atomic E-state index is 11.7. The molecule has 5 nitrogen and oxygen atoms in total. The highest BCUT2D eigenvalue weighted by atomic mass is 35.5. The van der Waals surface area contributed by atoms with Gasteiger partial charge in [0.2, 0.25) is 5.22 Å². The second kappa shape index (κ2) is 4.60. The normalized spacial score (nSPS) is 10.2. The number of amides is 1. The first-order chi connectivity index (χ1) is 8.09. The first-order valence-electron chi connectivity index (χ1n) is 4.44. The van der Waals surface area contributed by atoms with E-state index >= 15 is 0 Å². The first kappa shape index (κ1) is 11.7. The molecule has 2 N–H and O–H groups in total. The van der Waals surface area contributed by atoms with Gasteiger partial charge in [0.15, 0.2) is 0 Å². The summed E-state index contributed by atoms with van der Waals surface area (Å²) in [6, 6.07) is 2.82. The summed E-state index contributed by atoms with van der Waals surface area (Å²) in [6.07, 6.45) is 1.28. The SMILES string of the molecule is O=C(Nc1sccc1C(=O)O)c1ccoc1Cl. The molecule has 7 heteroatoms. The van der Waals surface area contributed by atoms with Crippen molar-refractivity contribution in [2.24, 2.45) is 0 Å². The minimum atomic E-state index is -1.10. The largest absolute Gasteiger partial charge is 0.478 e. The summed E-state index contributed by atoms with van der Waals surface area (Å²) in [6.45, 7) is 0. The molecule has 17 heavy (non-hydrogen) atoms. The lowest BCUT2D eigenvalue weighted by Crippen LogP contribution is -2.12. The van der Waals surface area contributed by atoms with Crippen molar-refractivity contribution in [2.75, 3.05) is 5.32 Å². The van der Waals surface area contributed by atoms with Crippen LogP contribution in [0.3, 0.4) is 0 Å². The molecule has 0 radical (unpaired) electrons. The number of aromatic carboxylic acids is 1. The van der Waals surface area contributed by atoms with Gasteiger partial charge in [-0.15, -0.1) is 11.3 Å². The Morgan fingerprint density at radius 2 is 2.12 bits per heavy atom. The fourth-order valence-electron chi connectivity index (χ4n) is 1.20. The Bertz CT molecular complexity index is 574. The third-order valence-corrected chi connectivity index (χ3v) is 3.11. The summed E-state index contributed by atoms with van der Waals surface area (Å²) in [4.78, 5) is 22.6. The summed E-state index contributed by atoms with van der Waals surface area (Å²) in [7, 11) is 0. The average molecular weight is 272 g/mol. The molecule has 2 heterocycles. The van der Waals surface area contributed by atoms with E-state index in [1.807, 2.05) is 0 Å². The Morgan fingerprint density at radius 1 is 1.35 bits per heavy atom. The second-order valence-electron chi connectivity index (χ2n) is 3.03. The van der Waals surface area contributed by atoms with E-state index in [1.54, 1.807) is 5.38 Å². The summed E-state index contributed by atoms with van der Waals surface area (Å²) < 4.78 is 4.77. The molecule has 2 aromatic rings. The van der Waals surface area contributed by atoms with Crippen molar-refractivity contribution in [1.82, 2.24) is 0 Å². The molecule has 0 saturated heterocycles. The van der Waals surface area contributed by atoms with Gasteiger partial charge in [-0.1, -0.05) is 0 Å². The molecule has 0 aliphatic heterocycles. The zero-order chi connectivity index (χ0) is 12.4. The smallest absolute Gasteiger partial charge is 0.338 e. The predicted molar refractivity (Wildman–Crippen MR) is 62.9 cm³/mol. The van der Waals surface area contributed by atoms with Crippen molar-refractivity contribution in [1.29, 1.82) is 0 Å². The van der Waals surface area contributed by atoms with E-state index in [9.17, 15) is 9.59 Å². The lowest BCUT2D eigenvalue weighted by atomic mass is 10.3. The quantitative estimate of drug-likeness (QED) is 0.899. The van der Waals surface area contributed by atoms with Crippen LogP contribution in [-0.2, 0) is 0 Å². The molecule has 0 bridgehead atoms. The number of carboxylic acids is 1. The maximum Gasteiger partial charge on any atom is 0.338 e. The number of carboxylic acid groups (broad SMARTS) is 1. The van der Waals surface area contributed by atoms with Gasteiger partial charge in [0.1, 0.15) is 5.00 Å². The molecule has 0 fully saturated rings. The number of rotatable bonds is 3. The fourth-order valence-corrected chi connectivity index (χ4v) is 2.18. The van der Waals surface area contributed by atoms with Gasteiger partial charge in [-0.25, -0.2) is 4.79 Å². The fraction of sp³-hybridized carbons (Fsp3) is 0. The minimum Gasteiger partial charge on any atom is -0.478 e. The number of halogens is 1. The van der Waals surface area contributed by atoms with E-state index in [-0.39, 0.29) is 21.3 Å². The Morgan fingerprint density at radius 3 is 2.71 bits per heavy atom.